The van der Waals surface area contributed by atoms with E-state index in [1.165, 1.54) is 17.5 Å². The van der Waals surface area contributed by atoms with Crippen LogP contribution in [0.4, 0.5) is 0 Å². The summed E-state index contributed by atoms with van der Waals surface area (Å²) < 4.78 is 1.48. The van der Waals surface area contributed by atoms with Crippen LogP contribution in [0.1, 0.15) is 85.8 Å². The van der Waals surface area contributed by atoms with Crippen molar-refractivity contribution >= 4 is 16.7 Å². The summed E-state index contributed by atoms with van der Waals surface area (Å²) in [6.45, 7) is 3.96. The number of carbonyl (C=O) groups is 1. The summed E-state index contributed by atoms with van der Waals surface area (Å²) in [5.41, 5.74) is 0.259. The molecule has 8 nitrogen and oxygen atoms in total. The van der Waals surface area contributed by atoms with Crippen LogP contribution in [0.5, 0.6) is 0 Å². The lowest BCUT2D eigenvalue weighted by molar-refractivity contribution is 0.0704. The summed E-state index contributed by atoms with van der Waals surface area (Å²) in [5.74, 6) is 2.63. The molecule has 5 rings (SSSR count). The van der Waals surface area contributed by atoms with Gasteiger partial charge in [0.25, 0.3) is 11.5 Å². The molecule has 32 heavy (non-hydrogen) atoms. The number of aromatic nitrogens is 5. The van der Waals surface area contributed by atoms with E-state index in [9.17, 15) is 9.59 Å². The number of H-pyrrole nitrogens is 1. The lowest BCUT2D eigenvalue weighted by atomic mass is 9.95. The summed E-state index contributed by atoms with van der Waals surface area (Å²) in [5, 5.41) is 13.2. The van der Waals surface area contributed by atoms with Crippen LogP contribution in [0, 0.1) is 0 Å². The highest BCUT2D eigenvalue weighted by molar-refractivity contribution is 6.04. The van der Waals surface area contributed by atoms with E-state index in [-0.39, 0.29) is 11.5 Å². The Balaban J connectivity index is 1.35. The number of nitrogens with one attached hydrogen (secondary N) is 1. The van der Waals surface area contributed by atoms with E-state index in [0.29, 0.717) is 47.9 Å². The Hall–Kier alpha value is -3.03. The Kier molecular flexibility index (Phi) is 5.76. The highest BCUT2D eigenvalue weighted by Crippen LogP contribution is 2.38. The van der Waals surface area contributed by atoms with E-state index in [2.05, 4.69) is 22.2 Å². The van der Waals surface area contributed by atoms with Crippen molar-refractivity contribution in [3.8, 4) is 0 Å². The second-order valence-electron chi connectivity index (χ2n) is 9.05. The number of rotatable bonds is 7. The van der Waals surface area contributed by atoms with Gasteiger partial charge in [0.1, 0.15) is 5.82 Å². The maximum atomic E-state index is 13.5. The minimum atomic E-state index is -0.122. The van der Waals surface area contributed by atoms with E-state index in [4.69, 9.17) is 4.98 Å². The molecule has 8 heteroatoms. The molecule has 1 amide bonds. The molecule has 3 heterocycles. The van der Waals surface area contributed by atoms with Gasteiger partial charge >= 0.3 is 0 Å². The van der Waals surface area contributed by atoms with Crippen molar-refractivity contribution in [1.82, 2.24) is 29.9 Å². The first-order valence-corrected chi connectivity index (χ1v) is 11.9. The van der Waals surface area contributed by atoms with Crippen molar-refractivity contribution in [2.24, 2.45) is 0 Å². The topological polar surface area (TPSA) is 96.8 Å². The Morgan fingerprint density at radius 3 is 2.53 bits per heavy atom. The predicted molar refractivity (Wildman–Crippen MR) is 122 cm³/mol. The lowest BCUT2D eigenvalue weighted by Crippen LogP contribution is -2.39. The number of amides is 1. The van der Waals surface area contributed by atoms with Gasteiger partial charge in [-0.05, 0) is 38.2 Å². The maximum Gasteiger partial charge on any atom is 0.274 e. The van der Waals surface area contributed by atoms with Gasteiger partial charge in [-0.1, -0.05) is 38.0 Å². The van der Waals surface area contributed by atoms with Crippen molar-refractivity contribution in [2.75, 3.05) is 13.1 Å². The zero-order valence-electron chi connectivity index (χ0n) is 18.6. The SMILES string of the molecule is CCCCCn1nc(C(=O)N2CCC(c3nc(C4CC4)n[nH]3)CC2)c2ccccc2c1=O. The zero-order chi connectivity index (χ0) is 22.1. The van der Waals surface area contributed by atoms with Gasteiger partial charge in [0.2, 0.25) is 0 Å². The van der Waals surface area contributed by atoms with Crippen molar-refractivity contribution in [3.63, 3.8) is 0 Å². The van der Waals surface area contributed by atoms with E-state index in [1.54, 1.807) is 6.07 Å². The Labute approximate surface area is 187 Å². The van der Waals surface area contributed by atoms with Crippen LogP contribution in [0.25, 0.3) is 10.8 Å². The van der Waals surface area contributed by atoms with Crippen molar-refractivity contribution in [2.45, 2.75) is 70.3 Å². The molecule has 1 saturated carbocycles. The highest BCUT2D eigenvalue weighted by Gasteiger charge is 2.31. The molecule has 1 N–H and O–H groups in total. The molecular formula is C24H30N6O2. The molecule has 0 radical (unpaired) electrons. The Morgan fingerprint density at radius 2 is 1.81 bits per heavy atom. The molecule has 1 aliphatic heterocycles. The third kappa shape index (κ3) is 4.06. The molecule has 1 aliphatic carbocycles. The van der Waals surface area contributed by atoms with Gasteiger partial charge in [-0.3, -0.25) is 14.7 Å². The van der Waals surface area contributed by atoms with Crippen LogP contribution < -0.4 is 5.56 Å². The van der Waals surface area contributed by atoms with Gasteiger partial charge < -0.3 is 4.90 Å². The number of benzene rings is 1. The molecule has 0 spiro atoms. The summed E-state index contributed by atoms with van der Waals surface area (Å²) >= 11 is 0. The molecule has 2 aliphatic rings. The fourth-order valence-electron chi connectivity index (χ4n) is 4.56. The second-order valence-corrected chi connectivity index (χ2v) is 9.05. The number of nitrogens with zero attached hydrogens (tertiary/aromatic N) is 5. The summed E-state index contributed by atoms with van der Waals surface area (Å²) in [4.78, 5) is 32.9. The Morgan fingerprint density at radius 1 is 1.06 bits per heavy atom. The van der Waals surface area contributed by atoms with Crippen LogP contribution in [0.2, 0.25) is 0 Å². The standard InChI is InChI=1S/C24H30N6O2/c1-2-3-6-13-30-23(31)19-8-5-4-7-18(19)20(28-30)24(32)29-14-11-17(12-15-29)22-25-21(26-27-22)16-9-10-16/h4-5,7-8,16-17H,2-3,6,9-15H2,1H3,(H,25,26,27). The number of likely N-dealkylation sites (tertiary alicyclic amines) is 1. The molecule has 1 saturated heterocycles. The predicted octanol–water partition coefficient (Wildman–Crippen LogP) is 3.60. The number of unbranched alkanes of at least 4 members (excludes halogenated alkanes) is 2. The average molecular weight is 435 g/mol. The first kappa shape index (κ1) is 20.8. The Bertz CT molecular complexity index is 1170. The van der Waals surface area contributed by atoms with Crippen LogP contribution >= 0.6 is 0 Å². The first-order valence-electron chi connectivity index (χ1n) is 11.9. The number of fused-ring (bicyclic) bond motifs is 1. The number of carbonyl (C=O) groups excluding carboxylic acids is 1. The van der Waals surface area contributed by atoms with E-state index in [1.807, 2.05) is 23.1 Å². The van der Waals surface area contributed by atoms with Crippen molar-refractivity contribution in [3.05, 3.63) is 52.0 Å². The van der Waals surface area contributed by atoms with Crippen LogP contribution in [0.15, 0.2) is 29.1 Å². The van der Waals surface area contributed by atoms with Gasteiger partial charge in [0, 0.05) is 36.9 Å². The molecule has 2 fully saturated rings. The molecule has 0 atom stereocenters. The molecule has 1 aromatic carbocycles. The lowest BCUT2D eigenvalue weighted by Gasteiger charge is -2.31. The summed E-state index contributed by atoms with van der Waals surface area (Å²) in [7, 11) is 0. The van der Waals surface area contributed by atoms with Crippen molar-refractivity contribution < 1.29 is 4.79 Å². The normalized spacial score (nSPS) is 17.2. The second kappa shape index (κ2) is 8.84. The van der Waals surface area contributed by atoms with E-state index < -0.39 is 0 Å². The number of hydrogen-bond donors (Lipinski definition) is 1. The summed E-state index contributed by atoms with van der Waals surface area (Å²) in [6, 6.07) is 7.32. The fraction of sp³-hybridized carbons (Fsp3) is 0.542. The minimum absolute atomic E-state index is 0.0971. The molecule has 168 valence electrons. The number of aryl methyl sites for hydroxylation is 1. The first-order chi connectivity index (χ1) is 15.7. The number of piperidine rings is 1. The number of aromatic amines is 1. The third-order valence-electron chi connectivity index (χ3n) is 6.68. The van der Waals surface area contributed by atoms with Crippen LogP contribution in [0.3, 0.4) is 0 Å². The molecular weight excluding hydrogens is 404 g/mol. The minimum Gasteiger partial charge on any atom is -0.337 e. The quantitative estimate of drug-likeness (QED) is 0.573. The smallest absolute Gasteiger partial charge is 0.274 e. The van der Waals surface area contributed by atoms with Gasteiger partial charge in [-0.25, -0.2) is 9.67 Å². The van der Waals surface area contributed by atoms with Gasteiger partial charge in [-0.2, -0.15) is 10.2 Å². The fourth-order valence-corrected chi connectivity index (χ4v) is 4.56. The van der Waals surface area contributed by atoms with Gasteiger partial charge in [-0.15, -0.1) is 0 Å². The van der Waals surface area contributed by atoms with Gasteiger partial charge in [0.05, 0.1) is 5.39 Å². The van der Waals surface area contributed by atoms with Crippen LogP contribution in [-0.2, 0) is 6.54 Å². The number of hydrogen-bond acceptors (Lipinski definition) is 5. The monoisotopic (exact) mass is 434 g/mol. The highest BCUT2D eigenvalue weighted by atomic mass is 16.2. The molecule has 2 aromatic heterocycles. The molecule has 0 bridgehead atoms. The molecule has 0 unspecified atom stereocenters. The van der Waals surface area contributed by atoms with E-state index in [0.717, 1.165) is 43.8 Å². The summed E-state index contributed by atoms with van der Waals surface area (Å²) in [6.07, 6.45) is 7.04. The van der Waals surface area contributed by atoms with Gasteiger partial charge in [0.15, 0.2) is 11.5 Å². The third-order valence-corrected chi connectivity index (χ3v) is 6.68. The largest absolute Gasteiger partial charge is 0.337 e. The average Bonchev–Trinajstić information content (AvgIpc) is 3.57. The zero-order valence-corrected chi connectivity index (χ0v) is 18.6. The maximum absolute atomic E-state index is 13.5. The van der Waals surface area contributed by atoms with E-state index >= 15 is 0 Å². The van der Waals surface area contributed by atoms with Crippen LogP contribution in [-0.4, -0.2) is 48.9 Å². The van der Waals surface area contributed by atoms with Crippen molar-refractivity contribution in [1.29, 1.82) is 0 Å². The molecule has 3 aromatic rings.